The molecule has 0 aliphatic rings. The van der Waals surface area contributed by atoms with Gasteiger partial charge in [0.15, 0.2) is 0 Å². The fraction of sp³-hybridized carbons (Fsp3) is 0. The van der Waals surface area contributed by atoms with Gasteiger partial charge in [-0.1, -0.05) is 23.2 Å². The molecular formula is C10H4BrCl2N5S. The summed E-state index contributed by atoms with van der Waals surface area (Å²) >= 11 is 16.6. The Kier molecular flexibility index (Phi) is 3.53. The van der Waals surface area contributed by atoms with Crippen LogP contribution in [0.4, 0.5) is 11.6 Å². The van der Waals surface area contributed by atoms with Gasteiger partial charge < -0.3 is 5.32 Å². The molecule has 1 N–H and O–H groups in total. The molecule has 0 aliphatic heterocycles. The van der Waals surface area contributed by atoms with Gasteiger partial charge in [-0.05, 0) is 22.0 Å². The van der Waals surface area contributed by atoms with Gasteiger partial charge in [-0.15, -0.1) is 0 Å². The van der Waals surface area contributed by atoms with E-state index in [2.05, 4.69) is 40.0 Å². The predicted octanol–water partition coefficient (Wildman–Crippen LogP) is 4.29. The van der Waals surface area contributed by atoms with E-state index in [0.29, 0.717) is 32.7 Å². The van der Waals surface area contributed by atoms with Crippen molar-refractivity contribution >= 4 is 73.5 Å². The number of aromatic nitrogens is 4. The standard InChI is InChI=1S/C10H4BrCl2N5S/c11-4-2-14-10(15-3-4)16-7-5(12)1-6(13)8-9(7)18-19-17-8/h1-3H,(H,14,15,16). The average molecular weight is 377 g/mol. The summed E-state index contributed by atoms with van der Waals surface area (Å²) in [4.78, 5) is 8.25. The summed E-state index contributed by atoms with van der Waals surface area (Å²) in [7, 11) is 0. The Morgan fingerprint density at radius 2 is 1.74 bits per heavy atom. The first-order valence-electron chi connectivity index (χ1n) is 5.00. The van der Waals surface area contributed by atoms with Gasteiger partial charge in [0.25, 0.3) is 0 Å². The zero-order chi connectivity index (χ0) is 13.4. The minimum Gasteiger partial charge on any atom is -0.321 e. The topological polar surface area (TPSA) is 63.6 Å². The number of anilines is 2. The molecule has 0 fully saturated rings. The molecule has 0 bridgehead atoms. The quantitative estimate of drug-likeness (QED) is 0.722. The Morgan fingerprint density at radius 3 is 2.47 bits per heavy atom. The molecular weight excluding hydrogens is 373 g/mol. The van der Waals surface area contributed by atoms with Gasteiger partial charge in [0.2, 0.25) is 5.95 Å². The van der Waals surface area contributed by atoms with E-state index in [4.69, 9.17) is 23.2 Å². The van der Waals surface area contributed by atoms with Crippen molar-refractivity contribution in [2.45, 2.75) is 0 Å². The third kappa shape index (κ3) is 2.51. The lowest BCUT2D eigenvalue weighted by Gasteiger charge is -2.07. The smallest absolute Gasteiger partial charge is 0.227 e. The molecule has 0 aliphatic carbocycles. The lowest BCUT2D eigenvalue weighted by molar-refractivity contribution is 1.15. The lowest BCUT2D eigenvalue weighted by atomic mass is 10.2. The number of rotatable bonds is 2. The van der Waals surface area contributed by atoms with E-state index in [0.717, 1.165) is 16.2 Å². The highest BCUT2D eigenvalue weighted by molar-refractivity contribution is 9.10. The van der Waals surface area contributed by atoms with Crippen LogP contribution in [-0.4, -0.2) is 18.7 Å². The van der Waals surface area contributed by atoms with E-state index in [9.17, 15) is 0 Å². The fourth-order valence-electron chi connectivity index (χ4n) is 1.48. The second kappa shape index (κ2) is 5.16. The number of benzene rings is 1. The molecule has 19 heavy (non-hydrogen) atoms. The average Bonchev–Trinajstić information content (AvgIpc) is 2.86. The first kappa shape index (κ1) is 13.0. The number of hydrogen-bond donors (Lipinski definition) is 1. The van der Waals surface area contributed by atoms with E-state index in [1.165, 1.54) is 0 Å². The molecule has 0 spiro atoms. The Labute approximate surface area is 130 Å². The minimum absolute atomic E-state index is 0.418. The highest BCUT2D eigenvalue weighted by atomic mass is 79.9. The SMILES string of the molecule is Clc1cc(Cl)c2nsnc2c1Nc1ncc(Br)cn1. The molecule has 9 heteroatoms. The van der Waals surface area contributed by atoms with E-state index in [1.807, 2.05) is 0 Å². The van der Waals surface area contributed by atoms with Crippen LogP contribution in [0, 0.1) is 0 Å². The maximum Gasteiger partial charge on any atom is 0.227 e. The van der Waals surface area contributed by atoms with Crippen LogP contribution in [0.3, 0.4) is 0 Å². The normalized spacial score (nSPS) is 10.9. The van der Waals surface area contributed by atoms with Crippen molar-refractivity contribution in [3.8, 4) is 0 Å². The van der Waals surface area contributed by atoms with Crippen molar-refractivity contribution in [3.05, 3.63) is 33.0 Å². The summed E-state index contributed by atoms with van der Waals surface area (Å²) < 4.78 is 9.11. The van der Waals surface area contributed by atoms with Crippen molar-refractivity contribution in [2.75, 3.05) is 5.32 Å². The maximum atomic E-state index is 6.17. The van der Waals surface area contributed by atoms with Crippen molar-refractivity contribution < 1.29 is 0 Å². The van der Waals surface area contributed by atoms with Gasteiger partial charge >= 0.3 is 0 Å². The summed E-state index contributed by atoms with van der Waals surface area (Å²) in [5.41, 5.74) is 1.81. The molecule has 0 radical (unpaired) electrons. The number of halogens is 3. The van der Waals surface area contributed by atoms with E-state index in [-0.39, 0.29) is 0 Å². The van der Waals surface area contributed by atoms with Crippen molar-refractivity contribution in [1.82, 2.24) is 18.7 Å². The van der Waals surface area contributed by atoms with Crippen LogP contribution in [0.1, 0.15) is 0 Å². The molecule has 3 aromatic rings. The monoisotopic (exact) mass is 375 g/mol. The number of nitrogens with one attached hydrogen (secondary N) is 1. The van der Waals surface area contributed by atoms with Gasteiger partial charge in [0, 0.05) is 12.4 Å². The van der Waals surface area contributed by atoms with E-state index in [1.54, 1.807) is 18.5 Å². The second-order valence-corrected chi connectivity index (χ2v) is 5.79. The first-order valence-corrected chi connectivity index (χ1v) is 7.28. The maximum absolute atomic E-state index is 6.17. The lowest BCUT2D eigenvalue weighted by Crippen LogP contribution is -1.98. The van der Waals surface area contributed by atoms with E-state index < -0.39 is 0 Å². The third-order valence-corrected chi connectivity index (χ3v) is 3.83. The Bertz CT molecular complexity index is 746. The summed E-state index contributed by atoms with van der Waals surface area (Å²) in [6.45, 7) is 0. The zero-order valence-corrected chi connectivity index (χ0v) is 13.0. The summed E-state index contributed by atoms with van der Waals surface area (Å²) in [5, 5.41) is 3.94. The molecule has 2 heterocycles. The summed E-state index contributed by atoms with van der Waals surface area (Å²) in [6, 6.07) is 1.62. The van der Waals surface area contributed by atoms with Gasteiger partial charge in [-0.3, -0.25) is 0 Å². The molecule has 2 aromatic heterocycles. The van der Waals surface area contributed by atoms with Crippen LogP contribution in [-0.2, 0) is 0 Å². The molecule has 0 atom stereocenters. The Hall–Kier alpha value is -1.02. The van der Waals surface area contributed by atoms with Gasteiger partial charge in [-0.2, -0.15) is 8.75 Å². The highest BCUT2D eigenvalue weighted by Gasteiger charge is 2.14. The Morgan fingerprint density at radius 1 is 1.05 bits per heavy atom. The molecule has 3 rings (SSSR count). The summed E-state index contributed by atoms with van der Waals surface area (Å²) in [5.74, 6) is 0.418. The van der Waals surface area contributed by atoms with E-state index >= 15 is 0 Å². The van der Waals surface area contributed by atoms with Gasteiger partial charge in [0.05, 0.1) is 31.9 Å². The van der Waals surface area contributed by atoms with Gasteiger partial charge in [0.1, 0.15) is 11.0 Å². The van der Waals surface area contributed by atoms with Crippen molar-refractivity contribution in [1.29, 1.82) is 0 Å². The zero-order valence-electron chi connectivity index (χ0n) is 9.06. The number of hydrogen-bond acceptors (Lipinski definition) is 6. The molecule has 96 valence electrons. The molecule has 0 saturated heterocycles. The molecule has 0 unspecified atom stereocenters. The predicted molar refractivity (Wildman–Crippen MR) is 80.4 cm³/mol. The van der Waals surface area contributed by atoms with Crippen LogP contribution in [0.2, 0.25) is 10.0 Å². The number of nitrogens with zero attached hydrogens (tertiary/aromatic N) is 4. The molecule has 1 aromatic carbocycles. The molecule has 0 saturated carbocycles. The van der Waals surface area contributed by atoms with Crippen LogP contribution >= 0.6 is 50.9 Å². The Balaban J connectivity index is 2.09. The van der Waals surface area contributed by atoms with Gasteiger partial charge in [-0.25, -0.2) is 9.97 Å². The first-order chi connectivity index (χ1) is 9.15. The van der Waals surface area contributed by atoms with Crippen LogP contribution in [0.15, 0.2) is 22.9 Å². The minimum atomic E-state index is 0.418. The number of fused-ring (bicyclic) bond motifs is 1. The largest absolute Gasteiger partial charge is 0.321 e. The van der Waals surface area contributed by atoms with Crippen molar-refractivity contribution in [2.24, 2.45) is 0 Å². The molecule has 5 nitrogen and oxygen atoms in total. The third-order valence-electron chi connectivity index (χ3n) is 2.30. The molecule has 0 amide bonds. The second-order valence-electron chi connectivity index (χ2n) is 3.53. The van der Waals surface area contributed by atoms with Crippen LogP contribution in [0.25, 0.3) is 11.0 Å². The fourth-order valence-corrected chi connectivity index (χ4v) is 2.85. The summed E-state index contributed by atoms with van der Waals surface area (Å²) in [6.07, 6.45) is 3.27. The highest BCUT2D eigenvalue weighted by Crippen LogP contribution is 2.36. The van der Waals surface area contributed by atoms with Crippen molar-refractivity contribution in [3.63, 3.8) is 0 Å². The van der Waals surface area contributed by atoms with Crippen LogP contribution in [0.5, 0.6) is 0 Å². The van der Waals surface area contributed by atoms with Crippen LogP contribution < -0.4 is 5.32 Å².